The lowest BCUT2D eigenvalue weighted by Gasteiger charge is -2.33. The number of carbonyl (C=O) groups is 2. The third-order valence-electron chi connectivity index (χ3n) is 6.83. The predicted molar refractivity (Wildman–Crippen MR) is 154 cm³/mol. The number of hydrogen-bond donors (Lipinski definition) is 1. The van der Waals surface area contributed by atoms with Crippen LogP contribution < -0.4 is 5.32 Å². The number of hydrogen-bond acceptors (Lipinski definition) is 3. The maximum atomic E-state index is 13.8. The molecule has 0 saturated heterocycles. The zero-order valence-corrected chi connectivity index (χ0v) is 22.7. The zero-order valence-electron chi connectivity index (χ0n) is 21.2. The molecule has 3 aromatic rings. The maximum Gasteiger partial charge on any atom is 0.243 e. The monoisotopic (exact) mass is 534 g/mol. The standard InChI is InChI=1S/C31H35ClN2O2S/c32-27-18-16-25(17-19-27)21-34(30(35)23-37-22-26-12-6-2-7-13-26)29(20-24-10-4-1-5-11-24)31(36)33-28-14-8-3-9-15-28/h1-2,4-7,10-13,16-19,28-29H,3,8-9,14-15,20-23H2,(H,33,36). The van der Waals surface area contributed by atoms with E-state index in [1.54, 1.807) is 16.7 Å². The van der Waals surface area contributed by atoms with Gasteiger partial charge >= 0.3 is 0 Å². The molecule has 1 aliphatic carbocycles. The van der Waals surface area contributed by atoms with Gasteiger partial charge in [-0.25, -0.2) is 0 Å². The molecular weight excluding hydrogens is 500 g/mol. The second kappa shape index (κ2) is 14.3. The van der Waals surface area contributed by atoms with Crippen molar-refractivity contribution in [1.82, 2.24) is 10.2 Å². The van der Waals surface area contributed by atoms with Crippen LogP contribution in [0.15, 0.2) is 84.9 Å². The topological polar surface area (TPSA) is 49.4 Å². The van der Waals surface area contributed by atoms with Crippen LogP contribution in [0.1, 0.15) is 48.8 Å². The lowest BCUT2D eigenvalue weighted by atomic mass is 9.94. The van der Waals surface area contributed by atoms with Gasteiger partial charge in [-0.15, -0.1) is 11.8 Å². The molecule has 1 N–H and O–H groups in total. The minimum absolute atomic E-state index is 0.0318. The first-order valence-electron chi connectivity index (χ1n) is 13.1. The molecule has 0 aromatic heterocycles. The highest BCUT2D eigenvalue weighted by molar-refractivity contribution is 7.99. The van der Waals surface area contributed by atoms with Crippen molar-refractivity contribution < 1.29 is 9.59 Å². The van der Waals surface area contributed by atoms with Crippen LogP contribution in [-0.2, 0) is 28.3 Å². The molecule has 1 unspecified atom stereocenters. The van der Waals surface area contributed by atoms with Crippen molar-refractivity contribution in [2.24, 2.45) is 0 Å². The van der Waals surface area contributed by atoms with Gasteiger partial charge in [-0.2, -0.15) is 0 Å². The zero-order chi connectivity index (χ0) is 25.9. The molecule has 1 atom stereocenters. The minimum Gasteiger partial charge on any atom is -0.352 e. The summed E-state index contributed by atoms with van der Waals surface area (Å²) in [6.45, 7) is 0.359. The second-order valence-corrected chi connectivity index (χ2v) is 11.1. The second-order valence-electron chi connectivity index (χ2n) is 9.68. The number of benzene rings is 3. The molecule has 0 radical (unpaired) electrons. The highest BCUT2D eigenvalue weighted by Gasteiger charge is 2.31. The lowest BCUT2D eigenvalue weighted by molar-refractivity contribution is -0.139. The molecule has 4 nitrogen and oxygen atoms in total. The van der Waals surface area contributed by atoms with Crippen molar-refractivity contribution in [2.75, 3.05) is 5.75 Å². The third kappa shape index (κ3) is 8.65. The van der Waals surface area contributed by atoms with E-state index < -0.39 is 6.04 Å². The van der Waals surface area contributed by atoms with E-state index in [9.17, 15) is 9.59 Å². The van der Waals surface area contributed by atoms with E-state index in [4.69, 9.17) is 11.6 Å². The Bertz CT molecular complexity index is 1120. The summed E-state index contributed by atoms with van der Waals surface area (Å²) < 4.78 is 0. The molecule has 1 fully saturated rings. The molecule has 0 aliphatic heterocycles. The van der Waals surface area contributed by atoms with Gasteiger partial charge in [-0.05, 0) is 41.7 Å². The van der Waals surface area contributed by atoms with Crippen LogP contribution in [0.3, 0.4) is 0 Å². The molecule has 0 heterocycles. The lowest BCUT2D eigenvalue weighted by Crippen LogP contribution is -2.53. The molecule has 1 aliphatic rings. The van der Waals surface area contributed by atoms with E-state index in [2.05, 4.69) is 17.4 Å². The van der Waals surface area contributed by atoms with Gasteiger partial charge in [-0.3, -0.25) is 9.59 Å². The summed E-state index contributed by atoms with van der Waals surface area (Å²) in [4.78, 5) is 29.3. The maximum absolute atomic E-state index is 13.8. The Morgan fingerprint density at radius 3 is 2.11 bits per heavy atom. The Morgan fingerprint density at radius 1 is 0.838 bits per heavy atom. The van der Waals surface area contributed by atoms with Crippen molar-refractivity contribution in [3.63, 3.8) is 0 Å². The average Bonchev–Trinajstić information content (AvgIpc) is 2.93. The summed E-state index contributed by atoms with van der Waals surface area (Å²) in [6, 6.07) is 27.2. The Labute approximate surface area is 229 Å². The average molecular weight is 535 g/mol. The number of nitrogens with one attached hydrogen (secondary N) is 1. The molecule has 6 heteroatoms. The van der Waals surface area contributed by atoms with Gasteiger partial charge in [0.25, 0.3) is 0 Å². The number of carbonyl (C=O) groups excluding carboxylic acids is 2. The molecule has 0 spiro atoms. The van der Waals surface area contributed by atoms with E-state index >= 15 is 0 Å². The van der Waals surface area contributed by atoms with E-state index in [-0.39, 0.29) is 17.9 Å². The van der Waals surface area contributed by atoms with Gasteiger partial charge in [0.1, 0.15) is 6.04 Å². The van der Waals surface area contributed by atoms with Crippen molar-refractivity contribution in [3.05, 3.63) is 107 Å². The van der Waals surface area contributed by atoms with Crippen LogP contribution in [0.25, 0.3) is 0 Å². The summed E-state index contributed by atoms with van der Waals surface area (Å²) in [5.41, 5.74) is 3.17. The summed E-state index contributed by atoms with van der Waals surface area (Å²) in [7, 11) is 0. The SMILES string of the molecule is O=C(NC1CCCCC1)C(Cc1ccccc1)N(Cc1ccc(Cl)cc1)C(=O)CSCc1ccccc1. The largest absolute Gasteiger partial charge is 0.352 e. The Balaban J connectivity index is 1.56. The van der Waals surface area contributed by atoms with Crippen LogP contribution in [0.4, 0.5) is 0 Å². The van der Waals surface area contributed by atoms with E-state index in [0.29, 0.717) is 23.7 Å². The molecule has 0 bridgehead atoms. The highest BCUT2D eigenvalue weighted by Crippen LogP contribution is 2.21. The molecular formula is C31H35ClN2O2S. The van der Waals surface area contributed by atoms with Crippen LogP contribution in [0, 0.1) is 0 Å². The molecule has 3 aromatic carbocycles. The van der Waals surface area contributed by atoms with E-state index in [1.165, 1.54) is 12.0 Å². The molecule has 1 saturated carbocycles. The van der Waals surface area contributed by atoms with Gasteiger partial charge in [0.15, 0.2) is 0 Å². The van der Waals surface area contributed by atoms with Crippen LogP contribution in [0.5, 0.6) is 0 Å². The third-order valence-corrected chi connectivity index (χ3v) is 8.07. The fourth-order valence-electron chi connectivity index (χ4n) is 4.80. The van der Waals surface area contributed by atoms with Crippen molar-refractivity contribution >= 4 is 35.2 Å². The quantitative estimate of drug-likeness (QED) is 0.299. The van der Waals surface area contributed by atoms with Gasteiger partial charge in [-0.1, -0.05) is 104 Å². The number of amides is 2. The molecule has 2 amide bonds. The van der Waals surface area contributed by atoms with Crippen molar-refractivity contribution in [3.8, 4) is 0 Å². The predicted octanol–water partition coefficient (Wildman–Crippen LogP) is 6.66. The molecule has 37 heavy (non-hydrogen) atoms. The van der Waals surface area contributed by atoms with Gasteiger partial charge < -0.3 is 10.2 Å². The van der Waals surface area contributed by atoms with Gasteiger partial charge in [0.2, 0.25) is 11.8 Å². The Kier molecular flexibility index (Phi) is 10.5. The van der Waals surface area contributed by atoms with Crippen LogP contribution in [0.2, 0.25) is 5.02 Å². The summed E-state index contributed by atoms with van der Waals surface area (Å²) in [5.74, 6) is 0.963. The highest BCUT2D eigenvalue weighted by atomic mass is 35.5. The first-order valence-corrected chi connectivity index (χ1v) is 14.6. The van der Waals surface area contributed by atoms with Gasteiger partial charge in [0, 0.05) is 29.8 Å². The smallest absolute Gasteiger partial charge is 0.243 e. The Hall–Kier alpha value is -2.76. The normalized spacial score (nSPS) is 14.6. The van der Waals surface area contributed by atoms with Gasteiger partial charge in [0.05, 0.1) is 5.75 Å². The summed E-state index contributed by atoms with van der Waals surface area (Å²) >= 11 is 7.70. The number of halogens is 1. The molecule has 4 rings (SSSR count). The summed E-state index contributed by atoms with van der Waals surface area (Å²) in [5, 5.41) is 3.94. The Morgan fingerprint density at radius 2 is 1.46 bits per heavy atom. The van der Waals surface area contributed by atoms with E-state index in [0.717, 1.165) is 42.6 Å². The fraction of sp³-hybridized carbons (Fsp3) is 0.355. The summed E-state index contributed by atoms with van der Waals surface area (Å²) in [6.07, 6.45) is 5.97. The van der Waals surface area contributed by atoms with Crippen molar-refractivity contribution in [1.29, 1.82) is 0 Å². The van der Waals surface area contributed by atoms with E-state index in [1.807, 2.05) is 72.8 Å². The molecule has 194 valence electrons. The van der Waals surface area contributed by atoms with Crippen molar-refractivity contribution in [2.45, 2.75) is 62.9 Å². The fourth-order valence-corrected chi connectivity index (χ4v) is 5.79. The minimum atomic E-state index is -0.593. The number of nitrogens with zero attached hydrogens (tertiary/aromatic N) is 1. The van der Waals surface area contributed by atoms with Crippen LogP contribution >= 0.6 is 23.4 Å². The number of rotatable bonds is 11. The first kappa shape index (κ1) is 27.3. The first-order chi connectivity index (χ1) is 18.1. The van der Waals surface area contributed by atoms with Crippen LogP contribution in [-0.4, -0.2) is 34.6 Å². The number of thioether (sulfide) groups is 1.